The van der Waals surface area contributed by atoms with Gasteiger partial charge >= 0.3 is 0 Å². The van der Waals surface area contributed by atoms with Gasteiger partial charge in [0.1, 0.15) is 5.75 Å². The van der Waals surface area contributed by atoms with E-state index in [-0.39, 0.29) is 0 Å². The summed E-state index contributed by atoms with van der Waals surface area (Å²) < 4.78 is 5.74. The number of rotatable bonds is 2. The van der Waals surface area contributed by atoms with Crippen LogP contribution in [0.15, 0.2) is 18.2 Å². The fourth-order valence-corrected chi connectivity index (χ4v) is 1.83. The predicted octanol–water partition coefficient (Wildman–Crippen LogP) is 3.46. The molecule has 1 fully saturated rings. The minimum absolute atomic E-state index is 0.369. The summed E-state index contributed by atoms with van der Waals surface area (Å²) in [4.78, 5) is 0. The monoisotopic (exact) mass is 195 g/mol. The first-order valence-corrected chi connectivity index (χ1v) is 5.06. The van der Waals surface area contributed by atoms with Crippen molar-refractivity contribution in [2.45, 2.75) is 31.8 Å². The zero-order valence-corrected chi connectivity index (χ0v) is 8.18. The Bertz CT molecular complexity index is 279. The van der Waals surface area contributed by atoms with Crippen molar-refractivity contribution in [1.82, 2.24) is 0 Å². The van der Waals surface area contributed by atoms with Crippen LogP contribution in [0.25, 0.3) is 0 Å². The fraction of sp³-hybridized carbons (Fsp3) is 0.455. The first-order chi connectivity index (χ1) is 6.36. The van der Waals surface area contributed by atoms with E-state index >= 15 is 0 Å². The van der Waals surface area contributed by atoms with Crippen LogP contribution in [0.1, 0.15) is 25.7 Å². The summed E-state index contributed by atoms with van der Waals surface area (Å²) in [5.74, 6) is 0.774. The van der Waals surface area contributed by atoms with Crippen LogP contribution in [0.5, 0.6) is 5.75 Å². The molecule has 0 aliphatic heterocycles. The second kappa shape index (κ2) is 4.01. The molecular formula is C11H12ClO. The quantitative estimate of drug-likeness (QED) is 0.702. The first-order valence-electron chi connectivity index (χ1n) is 4.68. The molecule has 1 aromatic carbocycles. The van der Waals surface area contributed by atoms with E-state index in [1.54, 1.807) is 12.1 Å². The highest BCUT2D eigenvalue weighted by molar-refractivity contribution is 6.32. The molecule has 1 aliphatic carbocycles. The van der Waals surface area contributed by atoms with Crippen LogP contribution in [0, 0.1) is 6.07 Å². The molecule has 69 valence electrons. The maximum atomic E-state index is 5.96. The summed E-state index contributed by atoms with van der Waals surface area (Å²) >= 11 is 5.96. The average molecular weight is 196 g/mol. The minimum atomic E-state index is 0.369. The third kappa shape index (κ3) is 2.16. The lowest BCUT2D eigenvalue weighted by molar-refractivity contribution is 0.210. The van der Waals surface area contributed by atoms with Crippen molar-refractivity contribution in [3.8, 4) is 5.75 Å². The van der Waals surface area contributed by atoms with E-state index in [1.807, 2.05) is 6.07 Å². The molecule has 1 nitrogen and oxygen atoms in total. The van der Waals surface area contributed by atoms with Gasteiger partial charge in [0.05, 0.1) is 11.1 Å². The minimum Gasteiger partial charge on any atom is -0.489 e. The zero-order chi connectivity index (χ0) is 9.10. The maximum absolute atomic E-state index is 5.96. The number of hydrogen-bond donors (Lipinski definition) is 0. The van der Waals surface area contributed by atoms with Crippen molar-refractivity contribution in [3.63, 3.8) is 0 Å². The average Bonchev–Trinajstić information content (AvgIpc) is 2.61. The number of benzene rings is 1. The molecule has 13 heavy (non-hydrogen) atoms. The lowest BCUT2D eigenvalue weighted by Gasteiger charge is -2.13. The van der Waals surface area contributed by atoms with Crippen LogP contribution in [-0.2, 0) is 0 Å². The fourth-order valence-electron chi connectivity index (χ4n) is 1.67. The molecule has 0 unspecified atom stereocenters. The molecule has 0 N–H and O–H groups in total. The molecule has 0 atom stereocenters. The van der Waals surface area contributed by atoms with Gasteiger partial charge in [-0.05, 0) is 43.9 Å². The van der Waals surface area contributed by atoms with E-state index in [0.29, 0.717) is 11.1 Å². The van der Waals surface area contributed by atoms with E-state index in [4.69, 9.17) is 16.3 Å². The Balaban J connectivity index is 2.04. The van der Waals surface area contributed by atoms with Gasteiger partial charge in [-0.3, -0.25) is 0 Å². The van der Waals surface area contributed by atoms with Crippen LogP contribution in [0.3, 0.4) is 0 Å². The SMILES string of the molecule is Clc1cc[c]cc1OC1CCCC1. The Hall–Kier alpha value is -0.690. The highest BCUT2D eigenvalue weighted by atomic mass is 35.5. The molecular weight excluding hydrogens is 184 g/mol. The largest absolute Gasteiger partial charge is 0.489 e. The Morgan fingerprint density at radius 1 is 1.38 bits per heavy atom. The van der Waals surface area contributed by atoms with Crippen molar-refractivity contribution in [1.29, 1.82) is 0 Å². The van der Waals surface area contributed by atoms with E-state index in [1.165, 1.54) is 12.8 Å². The van der Waals surface area contributed by atoms with Crippen LogP contribution in [0.4, 0.5) is 0 Å². The molecule has 0 heterocycles. The molecule has 0 aromatic heterocycles. The van der Waals surface area contributed by atoms with E-state index in [9.17, 15) is 0 Å². The molecule has 2 heteroatoms. The lowest BCUT2D eigenvalue weighted by Crippen LogP contribution is -2.10. The third-order valence-corrected chi connectivity index (χ3v) is 2.68. The molecule has 0 amide bonds. The highest BCUT2D eigenvalue weighted by Gasteiger charge is 2.17. The summed E-state index contributed by atoms with van der Waals surface area (Å²) in [6.07, 6.45) is 5.24. The van der Waals surface area contributed by atoms with Gasteiger partial charge in [-0.2, -0.15) is 0 Å². The Kier molecular flexibility index (Phi) is 2.74. The summed E-state index contributed by atoms with van der Waals surface area (Å²) in [6.45, 7) is 0. The molecule has 2 rings (SSSR count). The highest BCUT2D eigenvalue weighted by Crippen LogP contribution is 2.28. The molecule has 1 saturated carbocycles. The van der Waals surface area contributed by atoms with Crippen molar-refractivity contribution in [3.05, 3.63) is 29.3 Å². The van der Waals surface area contributed by atoms with Gasteiger partial charge in [0.2, 0.25) is 0 Å². The normalized spacial score (nSPS) is 17.6. The topological polar surface area (TPSA) is 9.23 Å². The zero-order valence-electron chi connectivity index (χ0n) is 7.42. The number of halogens is 1. The summed E-state index contributed by atoms with van der Waals surface area (Å²) in [5.41, 5.74) is 0. The Morgan fingerprint density at radius 2 is 2.15 bits per heavy atom. The van der Waals surface area contributed by atoms with Gasteiger partial charge < -0.3 is 4.74 Å². The lowest BCUT2D eigenvalue weighted by atomic mass is 10.3. The molecule has 0 bridgehead atoms. The van der Waals surface area contributed by atoms with Crippen molar-refractivity contribution in [2.24, 2.45) is 0 Å². The van der Waals surface area contributed by atoms with E-state index in [2.05, 4.69) is 6.07 Å². The molecule has 1 aliphatic rings. The Morgan fingerprint density at radius 3 is 2.85 bits per heavy atom. The van der Waals surface area contributed by atoms with Gasteiger partial charge in [-0.25, -0.2) is 0 Å². The number of ether oxygens (including phenoxy) is 1. The van der Waals surface area contributed by atoms with Crippen LogP contribution < -0.4 is 4.74 Å². The van der Waals surface area contributed by atoms with Crippen molar-refractivity contribution in [2.75, 3.05) is 0 Å². The van der Waals surface area contributed by atoms with Crippen LogP contribution in [0.2, 0.25) is 5.02 Å². The first kappa shape index (κ1) is 8.89. The van der Waals surface area contributed by atoms with Gasteiger partial charge in [0.15, 0.2) is 0 Å². The van der Waals surface area contributed by atoms with Crippen molar-refractivity contribution >= 4 is 11.6 Å². The summed E-state index contributed by atoms with van der Waals surface area (Å²) in [6, 6.07) is 8.38. The standard InChI is InChI=1S/C11H12ClO/c12-10-7-3-4-8-11(10)13-9-5-1-2-6-9/h3,7-9H,1-2,5-6H2. The second-order valence-corrected chi connectivity index (χ2v) is 3.79. The smallest absolute Gasteiger partial charge is 0.138 e. The van der Waals surface area contributed by atoms with Gasteiger partial charge in [0, 0.05) is 0 Å². The third-order valence-electron chi connectivity index (χ3n) is 2.37. The predicted molar refractivity (Wildman–Crippen MR) is 53.2 cm³/mol. The molecule has 1 radical (unpaired) electrons. The van der Waals surface area contributed by atoms with Crippen molar-refractivity contribution < 1.29 is 4.74 Å². The van der Waals surface area contributed by atoms with Crippen LogP contribution in [-0.4, -0.2) is 6.10 Å². The van der Waals surface area contributed by atoms with Gasteiger partial charge in [0.25, 0.3) is 0 Å². The van der Waals surface area contributed by atoms with Gasteiger partial charge in [-0.1, -0.05) is 17.7 Å². The van der Waals surface area contributed by atoms with E-state index in [0.717, 1.165) is 18.6 Å². The molecule has 1 aromatic rings. The molecule has 0 spiro atoms. The molecule has 0 saturated heterocycles. The second-order valence-electron chi connectivity index (χ2n) is 3.38. The van der Waals surface area contributed by atoms with Gasteiger partial charge in [-0.15, -0.1) is 0 Å². The maximum Gasteiger partial charge on any atom is 0.138 e. The number of hydrogen-bond acceptors (Lipinski definition) is 1. The summed E-state index contributed by atoms with van der Waals surface area (Å²) in [5, 5.41) is 0.686. The van der Waals surface area contributed by atoms with Crippen LogP contribution >= 0.6 is 11.6 Å². The van der Waals surface area contributed by atoms with E-state index < -0.39 is 0 Å². The Labute approximate surface area is 83.7 Å². The summed E-state index contributed by atoms with van der Waals surface area (Å²) in [7, 11) is 0.